The maximum Gasteiger partial charge on any atom is 0.0473 e. The standard InChI is InChI=1S/C18H23ClN2/c1-3-15-8-4-5-10-17(15)18(12-20)21(2)13-14-7-6-9-16(19)11-14/h4-11,18H,3,12-13,20H2,1-2H3. The van der Waals surface area contributed by atoms with Gasteiger partial charge in [-0.05, 0) is 42.3 Å². The third-order valence-corrected chi connectivity index (χ3v) is 4.11. The molecule has 0 radical (unpaired) electrons. The molecule has 2 nitrogen and oxygen atoms in total. The summed E-state index contributed by atoms with van der Waals surface area (Å²) in [5, 5.41) is 0.777. The van der Waals surface area contributed by atoms with Gasteiger partial charge < -0.3 is 5.73 Å². The lowest BCUT2D eigenvalue weighted by atomic mass is 9.97. The van der Waals surface area contributed by atoms with Gasteiger partial charge in [-0.2, -0.15) is 0 Å². The predicted octanol–water partition coefficient (Wildman–Crippen LogP) is 4.03. The average molecular weight is 303 g/mol. The molecule has 1 atom stereocenters. The van der Waals surface area contributed by atoms with Crippen LogP contribution in [0.4, 0.5) is 0 Å². The molecule has 0 aliphatic carbocycles. The minimum absolute atomic E-state index is 0.222. The van der Waals surface area contributed by atoms with Gasteiger partial charge >= 0.3 is 0 Å². The molecule has 0 spiro atoms. The van der Waals surface area contributed by atoms with Crippen molar-refractivity contribution in [2.24, 2.45) is 5.73 Å². The Labute approximate surface area is 132 Å². The molecule has 0 aliphatic rings. The van der Waals surface area contributed by atoms with Crippen molar-refractivity contribution in [1.29, 1.82) is 0 Å². The Bertz CT molecular complexity index is 583. The Kier molecular flexibility index (Phi) is 5.80. The van der Waals surface area contributed by atoms with Crippen molar-refractivity contribution in [2.45, 2.75) is 25.9 Å². The second-order valence-corrected chi connectivity index (χ2v) is 5.79. The van der Waals surface area contributed by atoms with Crippen molar-refractivity contribution >= 4 is 11.6 Å². The molecule has 0 saturated carbocycles. The zero-order chi connectivity index (χ0) is 15.2. The van der Waals surface area contributed by atoms with E-state index in [1.165, 1.54) is 16.7 Å². The summed E-state index contributed by atoms with van der Waals surface area (Å²) >= 11 is 6.06. The van der Waals surface area contributed by atoms with Crippen LogP contribution in [0.3, 0.4) is 0 Å². The van der Waals surface area contributed by atoms with Crippen LogP contribution in [0.25, 0.3) is 0 Å². The van der Waals surface area contributed by atoms with Crippen molar-refractivity contribution in [1.82, 2.24) is 4.90 Å². The molecule has 0 aromatic heterocycles. The van der Waals surface area contributed by atoms with E-state index in [-0.39, 0.29) is 6.04 Å². The van der Waals surface area contributed by atoms with Crippen LogP contribution in [0.2, 0.25) is 5.02 Å². The monoisotopic (exact) mass is 302 g/mol. The van der Waals surface area contributed by atoms with E-state index in [1.54, 1.807) is 0 Å². The molecule has 2 rings (SSSR count). The first-order chi connectivity index (χ1) is 10.2. The van der Waals surface area contributed by atoms with Gasteiger partial charge in [0.1, 0.15) is 0 Å². The first-order valence-electron chi connectivity index (χ1n) is 7.38. The molecule has 2 aromatic rings. The normalized spacial score (nSPS) is 12.6. The Balaban J connectivity index is 2.20. The summed E-state index contributed by atoms with van der Waals surface area (Å²) in [5.74, 6) is 0. The Hall–Kier alpha value is -1.35. The lowest BCUT2D eigenvalue weighted by molar-refractivity contribution is 0.241. The van der Waals surface area contributed by atoms with E-state index in [0.29, 0.717) is 6.54 Å². The number of halogens is 1. The molecule has 1 unspecified atom stereocenters. The van der Waals surface area contributed by atoms with Gasteiger partial charge in [-0.3, -0.25) is 4.90 Å². The lowest BCUT2D eigenvalue weighted by Gasteiger charge is -2.29. The highest BCUT2D eigenvalue weighted by Gasteiger charge is 2.18. The number of rotatable bonds is 6. The van der Waals surface area contributed by atoms with Crippen LogP contribution in [0.1, 0.15) is 29.7 Å². The van der Waals surface area contributed by atoms with E-state index in [9.17, 15) is 0 Å². The van der Waals surface area contributed by atoms with Gasteiger partial charge in [0.15, 0.2) is 0 Å². The van der Waals surface area contributed by atoms with E-state index < -0.39 is 0 Å². The zero-order valence-corrected chi connectivity index (χ0v) is 13.5. The minimum Gasteiger partial charge on any atom is -0.329 e. The largest absolute Gasteiger partial charge is 0.329 e. The fraction of sp³-hybridized carbons (Fsp3) is 0.333. The van der Waals surface area contributed by atoms with Gasteiger partial charge in [-0.15, -0.1) is 0 Å². The molecular weight excluding hydrogens is 280 g/mol. The van der Waals surface area contributed by atoms with Gasteiger partial charge in [-0.1, -0.05) is 54.9 Å². The van der Waals surface area contributed by atoms with Gasteiger partial charge in [-0.25, -0.2) is 0 Å². The van der Waals surface area contributed by atoms with Gasteiger partial charge in [0.25, 0.3) is 0 Å². The molecule has 3 heteroatoms. The predicted molar refractivity (Wildman–Crippen MR) is 90.5 cm³/mol. The summed E-state index contributed by atoms with van der Waals surface area (Å²) in [6, 6.07) is 16.8. The van der Waals surface area contributed by atoms with Crippen molar-refractivity contribution < 1.29 is 0 Å². The zero-order valence-electron chi connectivity index (χ0n) is 12.7. The van der Waals surface area contributed by atoms with Gasteiger partial charge in [0.2, 0.25) is 0 Å². The van der Waals surface area contributed by atoms with Crippen LogP contribution in [-0.4, -0.2) is 18.5 Å². The highest BCUT2D eigenvalue weighted by molar-refractivity contribution is 6.30. The number of likely N-dealkylation sites (N-methyl/N-ethyl adjacent to an activating group) is 1. The third-order valence-electron chi connectivity index (χ3n) is 3.87. The van der Waals surface area contributed by atoms with Crippen LogP contribution >= 0.6 is 11.6 Å². The summed E-state index contributed by atoms with van der Waals surface area (Å²) in [4.78, 5) is 2.29. The van der Waals surface area contributed by atoms with E-state index in [4.69, 9.17) is 17.3 Å². The quantitative estimate of drug-likeness (QED) is 0.873. The van der Waals surface area contributed by atoms with Crippen molar-refractivity contribution in [3.05, 3.63) is 70.2 Å². The van der Waals surface area contributed by atoms with Gasteiger partial charge in [0.05, 0.1) is 0 Å². The first-order valence-corrected chi connectivity index (χ1v) is 7.76. The molecule has 0 bridgehead atoms. The molecule has 0 heterocycles. The molecule has 0 aliphatic heterocycles. The minimum atomic E-state index is 0.222. The van der Waals surface area contributed by atoms with Crippen LogP contribution < -0.4 is 5.73 Å². The number of nitrogens with two attached hydrogens (primary N) is 1. The Morgan fingerprint density at radius 2 is 1.90 bits per heavy atom. The van der Waals surface area contributed by atoms with Crippen LogP contribution in [0.5, 0.6) is 0 Å². The highest BCUT2D eigenvalue weighted by Crippen LogP contribution is 2.24. The lowest BCUT2D eigenvalue weighted by Crippen LogP contribution is -2.30. The highest BCUT2D eigenvalue weighted by atomic mass is 35.5. The van der Waals surface area contributed by atoms with Crippen LogP contribution in [0, 0.1) is 0 Å². The topological polar surface area (TPSA) is 29.3 Å². The third kappa shape index (κ3) is 4.07. The molecule has 112 valence electrons. The van der Waals surface area contributed by atoms with E-state index in [1.807, 2.05) is 18.2 Å². The molecule has 0 amide bonds. The summed E-state index contributed by atoms with van der Waals surface area (Å²) < 4.78 is 0. The molecule has 2 aromatic carbocycles. The Morgan fingerprint density at radius 1 is 1.14 bits per heavy atom. The summed E-state index contributed by atoms with van der Waals surface area (Å²) in [5.41, 5.74) is 9.94. The van der Waals surface area contributed by atoms with Crippen molar-refractivity contribution in [2.75, 3.05) is 13.6 Å². The summed E-state index contributed by atoms with van der Waals surface area (Å²) in [6.07, 6.45) is 1.03. The molecule has 2 N–H and O–H groups in total. The SMILES string of the molecule is CCc1ccccc1C(CN)N(C)Cc1cccc(Cl)c1. The maximum atomic E-state index is 6.06. The fourth-order valence-corrected chi connectivity index (χ4v) is 2.97. The van der Waals surface area contributed by atoms with Crippen LogP contribution in [0.15, 0.2) is 48.5 Å². The summed E-state index contributed by atoms with van der Waals surface area (Å²) in [7, 11) is 2.12. The Morgan fingerprint density at radius 3 is 2.57 bits per heavy atom. The number of hydrogen-bond donors (Lipinski definition) is 1. The van der Waals surface area contributed by atoms with Crippen molar-refractivity contribution in [3.63, 3.8) is 0 Å². The molecular formula is C18H23ClN2. The average Bonchev–Trinajstić information content (AvgIpc) is 2.48. The second-order valence-electron chi connectivity index (χ2n) is 5.35. The molecule has 0 saturated heterocycles. The number of aryl methyl sites for hydroxylation is 1. The maximum absolute atomic E-state index is 6.06. The first kappa shape index (κ1) is 16.0. The van der Waals surface area contributed by atoms with Crippen LogP contribution in [-0.2, 0) is 13.0 Å². The van der Waals surface area contributed by atoms with Crippen molar-refractivity contribution in [3.8, 4) is 0 Å². The smallest absolute Gasteiger partial charge is 0.0473 e. The van der Waals surface area contributed by atoms with E-state index >= 15 is 0 Å². The molecule has 0 fully saturated rings. The summed E-state index contributed by atoms with van der Waals surface area (Å²) in [6.45, 7) is 3.62. The van der Waals surface area contributed by atoms with E-state index in [2.05, 4.69) is 49.2 Å². The number of benzene rings is 2. The number of nitrogens with zero attached hydrogens (tertiary/aromatic N) is 1. The molecule has 21 heavy (non-hydrogen) atoms. The number of hydrogen-bond acceptors (Lipinski definition) is 2. The van der Waals surface area contributed by atoms with Gasteiger partial charge in [0, 0.05) is 24.2 Å². The van der Waals surface area contributed by atoms with E-state index in [0.717, 1.165) is 18.0 Å². The second kappa shape index (κ2) is 7.60. The fourth-order valence-electron chi connectivity index (χ4n) is 2.76.